The summed E-state index contributed by atoms with van der Waals surface area (Å²) in [6, 6.07) is 14.1. The van der Waals surface area contributed by atoms with E-state index in [0.717, 1.165) is 0 Å². The Kier molecular flexibility index (Phi) is 7.20. The van der Waals surface area contributed by atoms with E-state index in [9.17, 15) is 19.2 Å². The summed E-state index contributed by atoms with van der Waals surface area (Å²) in [6.45, 7) is 9.48. The molecule has 2 heterocycles. The van der Waals surface area contributed by atoms with Crippen LogP contribution in [0.4, 0.5) is 11.4 Å². The predicted octanol–water partition coefficient (Wildman–Crippen LogP) is 4.27. The van der Waals surface area contributed by atoms with Crippen molar-refractivity contribution in [2.24, 2.45) is 17.3 Å². The molecule has 4 rings (SSSR count). The number of para-hydroxylation sites is 2. The number of ketones is 1. The largest absolute Gasteiger partial charge is 0.329 e. The number of nitrogens with zero attached hydrogens (tertiary/aromatic N) is 3. The molecule has 0 fully saturated rings. The van der Waals surface area contributed by atoms with Crippen molar-refractivity contribution < 1.29 is 19.2 Å². The van der Waals surface area contributed by atoms with Crippen molar-refractivity contribution >= 4 is 34.9 Å². The third-order valence-corrected chi connectivity index (χ3v) is 7.33. The molecule has 7 heteroatoms. The first-order chi connectivity index (χ1) is 16.3. The Balaban J connectivity index is 0.000000196. The zero-order valence-corrected chi connectivity index (χ0v) is 21.8. The molecule has 0 saturated heterocycles. The number of Topliss-reactive ketones (excluding diaryl/α,β-unsaturated/α-hetero) is 1. The monoisotopic (exact) mass is 477 g/mol. The average molecular weight is 478 g/mol. The van der Waals surface area contributed by atoms with E-state index in [4.69, 9.17) is 0 Å². The molecular formula is C28H35N3O4. The Morgan fingerprint density at radius 3 is 1.74 bits per heavy atom. The Morgan fingerprint density at radius 1 is 0.743 bits per heavy atom. The number of carbonyl (C=O) groups excluding carboxylic acids is 4. The molecule has 2 aromatic carbocycles. The van der Waals surface area contributed by atoms with Crippen LogP contribution in [0.15, 0.2) is 48.5 Å². The zero-order chi connectivity index (χ0) is 26.2. The Hall–Kier alpha value is -3.48. The van der Waals surface area contributed by atoms with Gasteiger partial charge in [0.05, 0.1) is 16.9 Å². The number of hydrogen-bond acceptors (Lipinski definition) is 4. The van der Waals surface area contributed by atoms with E-state index in [0.29, 0.717) is 22.5 Å². The second kappa shape index (κ2) is 9.64. The van der Waals surface area contributed by atoms with Gasteiger partial charge in [-0.05, 0) is 43.0 Å². The molecule has 0 unspecified atom stereocenters. The molecular weight excluding hydrogens is 442 g/mol. The van der Waals surface area contributed by atoms with Gasteiger partial charge in [-0.25, -0.2) is 0 Å². The van der Waals surface area contributed by atoms with E-state index in [-0.39, 0.29) is 35.3 Å². The van der Waals surface area contributed by atoms with Crippen molar-refractivity contribution in [2.75, 3.05) is 30.9 Å². The van der Waals surface area contributed by atoms with Crippen LogP contribution in [0.2, 0.25) is 0 Å². The maximum Gasteiger partial charge on any atom is 0.256 e. The molecule has 2 aliphatic heterocycles. The smallest absolute Gasteiger partial charge is 0.256 e. The van der Waals surface area contributed by atoms with Crippen molar-refractivity contribution in [1.82, 2.24) is 4.90 Å². The number of hydrogen-bond donors (Lipinski definition) is 0. The quantitative estimate of drug-likeness (QED) is 0.606. The molecule has 0 aliphatic carbocycles. The number of benzene rings is 2. The summed E-state index contributed by atoms with van der Waals surface area (Å²) in [5.41, 5.74) is 1.68. The molecule has 0 spiro atoms. The number of likely N-dealkylation sites (N-methyl/N-ethyl adjacent to an activating group) is 2. The molecule has 35 heavy (non-hydrogen) atoms. The van der Waals surface area contributed by atoms with Crippen LogP contribution in [0.25, 0.3) is 0 Å². The van der Waals surface area contributed by atoms with Crippen molar-refractivity contribution in [1.29, 1.82) is 0 Å². The average Bonchev–Trinajstić information content (AvgIpc) is 2.91. The van der Waals surface area contributed by atoms with Crippen molar-refractivity contribution in [2.45, 2.75) is 40.7 Å². The molecule has 0 bridgehead atoms. The van der Waals surface area contributed by atoms with Crippen LogP contribution in [0.5, 0.6) is 0 Å². The summed E-state index contributed by atoms with van der Waals surface area (Å²) in [6.07, 6.45) is 0. The maximum atomic E-state index is 12.5. The van der Waals surface area contributed by atoms with Crippen LogP contribution < -0.4 is 9.80 Å². The zero-order valence-electron chi connectivity index (χ0n) is 21.8. The van der Waals surface area contributed by atoms with Crippen LogP contribution in [0.3, 0.4) is 0 Å². The van der Waals surface area contributed by atoms with Gasteiger partial charge in [0.25, 0.3) is 5.91 Å². The summed E-state index contributed by atoms with van der Waals surface area (Å²) < 4.78 is 0. The Morgan fingerprint density at radius 2 is 1.23 bits per heavy atom. The minimum absolute atomic E-state index is 0.0155. The molecule has 0 N–H and O–H groups in total. The molecule has 2 atom stereocenters. The number of anilines is 2. The maximum absolute atomic E-state index is 12.5. The first kappa shape index (κ1) is 26.1. The van der Waals surface area contributed by atoms with Crippen LogP contribution in [-0.4, -0.2) is 55.6 Å². The molecule has 0 radical (unpaired) electrons. The summed E-state index contributed by atoms with van der Waals surface area (Å²) in [4.78, 5) is 54.4. The van der Waals surface area contributed by atoms with Crippen LogP contribution in [-0.2, 0) is 9.59 Å². The lowest BCUT2D eigenvalue weighted by Crippen LogP contribution is -2.52. The molecule has 2 aromatic rings. The topological polar surface area (TPSA) is 78.0 Å². The third kappa shape index (κ3) is 4.24. The van der Waals surface area contributed by atoms with Gasteiger partial charge in [-0.3, -0.25) is 19.2 Å². The van der Waals surface area contributed by atoms with E-state index in [1.165, 1.54) is 0 Å². The third-order valence-electron chi connectivity index (χ3n) is 7.33. The van der Waals surface area contributed by atoms with E-state index < -0.39 is 11.5 Å². The number of fused-ring (bicyclic) bond motifs is 2. The minimum Gasteiger partial charge on any atom is -0.329 e. The molecule has 0 aromatic heterocycles. The lowest BCUT2D eigenvalue weighted by atomic mass is 9.70. The minimum atomic E-state index is -0.941. The highest BCUT2D eigenvalue weighted by molar-refractivity contribution is 6.24. The Labute approximate surface area is 207 Å². The van der Waals surface area contributed by atoms with Crippen molar-refractivity contribution in [3.05, 3.63) is 59.7 Å². The second-order valence-corrected chi connectivity index (χ2v) is 10.1. The van der Waals surface area contributed by atoms with Crippen LogP contribution >= 0.6 is 0 Å². The molecule has 7 nitrogen and oxygen atoms in total. The number of rotatable bonds is 2. The van der Waals surface area contributed by atoms with Gasteiger partial charge >= 0.3 is 0 Å². The summed E-state index contributed by atoms with van der Waals surface area (Å²) in [5.74, 6) is -0.239. The fourth-order valence-electron chi connectivity index (χ4n) is 4.78. The highest BCUT2D eigenvalue weighted by atomic mass is 16.2. The van der Waals surface area contributed by atoms with Crippen molar-refractivity contribution in [3.63, 3.8) is 0 Å². The van der Waals surface area contributed by atoms with Crippen LogP contribution in [0.1, 0.15) is 55.3 Å². The first-order valence-electron chi connectivity index (χ1n) is 11.9. The molecule has 186 valence electrons. The van der Waals surface area contributed by atoms with E-state index in [1.54, 1.807) is 54.9 Å². The normalized spacial score (nSPS) is 22.1. The fraction of sp³-hybridized carbons (Fsp3) is 0.429. The summed E-state index contributed by atoms with van der Waals surface area (Å²) >= 11 is 0. The van der Waals surface area contributed by atoms with E-state index in [1.807, 2.05) is 64.1 Å². The number of carbonyl (C=O) groups is 4. The Bertz CT molecular complexity index is 1170. The molecule has 0 saturated carbocycles. The summed E-state index contributed by atoms with van der Waals surface area (Å²) in [7, 11) is 5.15. The fourth-order valence-corrected chi connectivity index (χ4v) is 4.78. The van der Waals surface area contributed by atoms with Gasteiger partial charge in [-0.15, -0.1) is 0 Å². The standard InChI is InChI=1S/C14H18N2O2.C14H17NO2/c1-9(2)12-14(18)15(3)11-8-6-5-7-10(11)13(17)16(12)4;1-9(2)14(3)12(16)10-7-5-6-8-11(10)15(4)13(14)17/h5-9,12H,1-4H3;5-9H,1-4H3/t12-;14-/m01/s1. The van der Waals surface area contributed by atoms with Crippen molar-refractivity contribution in [3.8, 4) is 0 Å². The van der Waals surface area contributed by atoms with Gasteiger partial charge in [-0.1, -0.05) is 52.0 Å². The van der Waals surface area contributed by atoms with Crippen LogP contribution in [0, 0.1) is 17.3 Å². The lowest BCUT2D eigenvalue weighted by Gasteiger charge is -2.39. The second-order valence-electron chi connectivity index (χ2n) is 10.1. The first-order valence-corrected chi connectivity index (χ1v) is 11.9. The molecule has 3 amide bonds. The summed E-state index contributed by atoms with van der Waals surface area (Å²) in [5, 5.41) is 0. The van der Waals surface area contributed by atoms with E-state index >= 15 is 0 Å². The highest BCUT2D eigenvalue weighted by Gasteiger charge is 2.50. The van der Waals surface area contributed by atoms with Gasteiger partial charge < -0.3 is 14.7 Å². The van der Waals surface area contributed by atoms with Gasteiger partial charge in [0.1, 0.15) is 11.5 Å². The highest BCUT2D eigenvalue weighted by Crippen LogP contribution is 2.41. The SMILES string of the molecule is CC(C)[C@H]1C(=O)N(C)c2ccccc2C(=O)N1C.CC(C)[C@]1(C)C(=O)c2ccccc2N(C)C1=O. The van der Waals surface area contributed by atoms with E-state index in [2.05, 4.69) is 0 Å². The van der Waals surface area contributed by atoms with Gasteiger partial charge in [0.15, 0.2) is 5.78 Å². The predicted molar refractivity (Wildman–Crippen MR) is 138 cm³/mol. The number of amides is 3. The van der Waals surface area contributed by atoms with Gasteiger partial charge in [0.2, 0.25) is 11.8 Å². The van der Waals surface area contributed by atoms with Gasteiger partial charge in [0, 0.05) is 26.7 Å². The lowest BCUT2D eigenvalue weighted by molar-refractivity contribution is -0.127. The van der Waals surface area contributed by atoms with Gasteiger partial charge in [-0.2, -0.15) is 0 Å². The molecule has 2 aliphatic rings.